The number of benzene rings is 1. The lowest BCUT2D eigenvalue weighted by molar-refractivity contribution is 0.143. The number of nitrogens with one attached hydrogen (secondary N) is 1. The van der Waals surface area contributed by atoms with Gasteiger partial charge in [-0.2, -0.15) is 0 Å². The lowest BCUT2D eigenvalue weighted by Crippen LogP contribution is -2.15. The van der Waals surface area contributed by atoms with Gasteiger partial charge in [-0.15, -0.1) is 0 Å². The first-order valence-electron chi connectivity index (χ1n) is 5.86. The molecule has 0 aromatic heterocycles. The van der Waals surface area contributed by atoms with Crippen LogP contribution in [0.2, 0.25) is 0 Å². The normalized spacial score (nSPS) is 10.6. The van der Waals surface area contributed by atoms with Crippen LogP contribution in [-0.4, -0.2) is 19.8 Å². The number of hydrogen-bond acceptors (Lipinski definition) is 2. The Morgan fingerprint density at radius 2 is 2.06 bits per heavy atom. The first-order chi connectivity index (χ1) is 7.84. The maximum absolute atomic E-state index is 5.28. The maximum Gasteiger partial charge on any atom is 0.0466 e. The van der Waals surface area contributed by atoms with E-state index >= 15 is 0 Å². The molecule has 1 rings (SSSR count). The molecule has 0 amide bonds. The summed E-state index contributed by atoms with van der Waals surface area (Å²) in [6, 6.07) is 8.32. The second-order valence-electron chi connectivity index (χ2n) is 3.67. The van der Waals surface area contributed by atoms with E-state index in [1.165, 1.54) is 16.5 Å². The summed E-state index contributed by atoms with van der Waals surface area (Å²) < 4.78 is 6.46. The fourth-order valence-electron chi connectivity index (χ4n) is 1.46. The molecule has 0 aliphatic carbocycles. The number of unbranched alkanes of at least 4 members (excludes halogenated alkanes) is 1. The molecule has 1 aromatic rings. The van der Waals surface area contributed by atoms with E-state index in [0.29, 0.717) is 0 Å². The van der Waals surface area contributed by atoms with Gasteiger partial charge in [0.25, 0.3) is 0 Å². The Kier molecular flexibility index (Phi) is 7.47. The largest absolute Gasteiger partial charge is 0.382 e. The van der Waals surface area contributed by atoms with Crippen molar-refractivity contribution in [2.24, 2.45) is 0 Å². The monoisotopic (exact) mass is 285 g/mol. The lowest BCUT2D eigenvalue weighted by Gasteiger charge is -2.06. The van der Waals surface area contributed by atoms with Crippen molar-refractivity contribution in [2.75, 3.05) is 19.8 Å². The minimum absolute atomic E-state index is 0.824. The summed E-state index contributed by atoms with van der Waals surface area (Å²) in [5, 5.41) is 3.43. The molecule has 0 heterocycles. The summed E-state index contributed by atoms with van der Waals surface area (Å²) in [5.74, 6) is 0. The number of halogens is 1. The molecule has 0 unspecified atom stereocenters. The highest BCUT2D eigenvalue weighted by molar-refractivity contribution is 9.10. The van der Waals surface area contributed by atoms with Crippen molar-refractivity contribution in [3.05, 3.63) is 34.3 Å². The third kappa shape index (κ3) is 5.64. The Hall–Kier alpha value is -0.380. The quantitative estimate of drug-likeness (QED) is 0.740. The summed E-state index contributed by atoms with van der Waals surface area (Å²) >= 11 is 3.54. The Morgan fingerprint density at radius 1 is 1.25 bits per heavy atom. The SMILES string of the molecule is CCOCCCCNCc1ccccc1Br. The molecule has 90 valence electrons. The van der Waals surface area contributed by atoms with E-state index in [4.69, 9.17) is 4.74 Å². The summed E-state index contributed by atoms with van der Waals surface area (Å²) in [4.78, 5) is 0. The molecule has 1 aromatic carbocycles. The van der Waals surface area contributed by atoms with E-state index in [1.54, 1.807) is 0 Å². The lowest BCUT2D eigenvalue weighted by atomic mass is 10.2. The van der Waals surface area contributed by atoms with Crippen LogP contribution in [0.4, 0.5) is 0 Å². The summed E-state index contributed by atoms with van der Waals surface area (Å²) in [6.07, 6.45) is 2.31. The number of rotatable bonds is 8. The van der Waals surface area contributed by atoms with Crippen molar-refractivity contribution in [3.63, 3.8) is 0 Å². The van der Waals surface area contributed by atoms with Crippen molar-refractivity contribution in [2.45, 2.75) is 26.3 Å². The van der Waals surface area contributed by atoms with Crippen LogP contribution in [0.3, 0.4) is 0 Å². The van der Waals surface area contributed by atoms with E-state index in [2.05, 4.69) is 39.4 Å². The fraction of sp³-hybridized carbons (Fsp3) is 0.538. The molecule has 1 N–H and O–H groups in total. The van der Waals surface area contributed by atoms with E-state index in [0.717, 1.165) is 32.7 Å². The molecule has 0 aliphatic heterocycles. The molecule has 0 atom stereocenters. The molecule has 0 spiro atoms. The number of ether oxygens (including phenoxy) is 1. The van der Waals surface area contributed by atoms with E-state index < -0.39 is 0 Å². The van der Waals surface area contributed by atoms with Gasteiger partial charge in [0.15, 0.2) is 0 Å². The topological polar surface area (TPSA) is 21.3 Å². The zero-order chi connectivity index (χ0) is 11.6. The van der Waals surface area contributed by atoms with Gasteiger partial charge in [0, 0.05) is 24.2 Å². The smallest absolute Gasteiger partial charge is 0.0466 e. The third-order valence-corrected chi connectivity index (χ3v) is 3.14. The van der Waals surface area contributed by atoms with Crippen molar-refractivity contribution in [1.29, 1.82) is 0 Å². The van der Waals surface area contributed by atoms with Crippen molar-refractivity contribution >= 4 is 15.9 Å². The fourth-order valence-corrected chi connectivity index (χ4v) is 1.89. The molecule has 0 bridgehead atoms. The van der Waals surface area contributed by atoms with E-state index in [9.17, 15) is 0 Å². The molecule has 16 heavy (non-hydrogen) atoms. The van der Waals surface area contributed by atoms with Crippen LogP contribution in [0.25, 0.3) is 0 Å². The highest BCUT2D eigenvalue weighted by atomic mass is 79.9. The zero-order valence-corrected chi connectivity index (χ0v) is 11.4. The van der Waals surface area contributed by atoms with Gasteiger partial charge in [-0.3, -0.25) is 0 Å². The molecule has 0 fully saturated rings. The van der Waals surface area contributed by atoms with Gasteiger partial charge in [-0.05, 0) is 37.9 Å². The predicted octanol–water partition coefficient (Wildman–Crippen LogP) is 3.36. The Bertz CT molecular complexity index is 291. The zero-order valence-electron chi connectivity index (χ0n) is 9.84. The molecule has 2 nitrogen and oxygen atoms in total. The Balaban J connectivity index is 2.05. The van der Waals surface area contributed by atoms with Crippen LogP contribution < -0.4 is 5.32 Å². The molecule has 3 heteroatoms. The van der Waals surface area contributed by atoms with Crippen LogP contribution >= 0.6 is 15.9 Å². The molecule has 0 saturated heterocycles. The van der Waals surface area contributed by atoms with Crippen molar-refractivity contribution in [3.8, 4) is 0 Å². The number of hydrogen-bond donors (Lipinski definition) is 1. The minimum atomic E-state index is 0.824. The first-order valence-corrected chi connectivity index (χ1v) is 6.65. The summed E-state index contributed by atoms with van der Waals surface area (Å²) in [6.45, 7) is 5.72. The van der Waals surface area contributed by atoms with Gasteiger partial charge >= 0.3 is 0 Å². The Labute approximate surface area is 107 Å². The molecular weight excluding hydrogens is 266 g/mol. The Morgan fingerprint density at radius 3 is 2.81 bits per heavy atom. The van der Waals surface area contributed by atoms with Gasteiger partial charge in [-0.25, -0.2) is 0 Å². The molecular formula is C13H20BrNO. The second-order valence-corrected chi connectivity index (χ2v) is 4.53. The molecule has 0 radical (unpaired) electrons. The van der Waals surface area contributed by atoms with Crippen LogP contribution in [0, 0.1) is 0 Å². The van der Waals surface area contributed by atoms with Gasteiger partial charge < -0.3 is 10.1 Å². The van der Waals surface area contributed by atoms with Crippen molar-refractivity contribution in [1.82, 2.24) is 5.32 Å². The van der Waals surface area contributed by atoms with E-state index in [1.807, 2.05) is 13.0 Å². The standard InChI is InChI=1S/C13H20BrNO/c1-2-16-10-6-5-9-15-11-12-7-3-4-8-13(12)14/h3-4,7-8,15H,2,5-6,9-11H2,1H3. The predicted molar refractivity (Wildman–Crippen MR) is 71.6 cm³/mol. The van der Waals surface area contributed by atoms with Gasteiger partial charge in [0.2, 0.25) is 0 Å². The van der Waals surface area contributed by atoms with Crippen LogP contribution in [0.1, 0.15) is 25.3 Å². The van der Waals surface area contributed by atoms with Crippen LogP contribution in [-0.2, 0) is 11.3 Å². The second kappa shape index (κ2) is 8.74. The van der Waals surface area contributed by atoms with E-state index in [-0.39, 0.29) is 0 Å². The highest BCUT2D eigenvalue weighted by Crippen LogP contribution is 2.15. The minimum Gasteiger partial charge on any atom is -0.382 e. The maximum atomic E-state index is 5.28. The van der Waals surface area contributed by atoms with Gasteiger partial charge in [0.1, 0.15) is 0 Å². The molecule has 0 saturated carbocycles. The summed E-state index contributed by atoms with van der Waals surface area (Å²) in [7, 11) is 0. The first kappa shape index (κ1) is 13.7. The van der Waals surface area contributed by atoms with Crippen LogP contribution in [0.5, 0.6) is 0 Å². The highest BCUT2D eigenvalue weighted by Gasteiger charge is 1.96. The van der Waals surface area contributed by atoms with Gasteiger partial charge in [-0.1, -0.05) is 34.1 Å². The third-order valence-electron chi connectivity index (χ3n) is 2.37. The average Bonchev–Trinajstić information content (AvgIpc) is 2.30. The average molecular weight is 286 g/mol. The molecule has 0 aliphatic rings. The van der Waals surface area contributed by atoms with Crippen LogP contribution in [0.15, 0.2) is 28.7 Å². The summed E-state index contributed by atoms with van der Waals surface area (Å²) in [5.41, 5.74) is 1.31. The van der Waals surface area contributed by atoms with Crippen molar-refractivity contribution < 1.29 is 4.74 Å². The van der Waals surface area contributed by atoms with Gasteiger partial charge in [0.05, 0.1) is 0 Å².